The number of aldehydes is 1. The number of nitrogens with one attached hydrogen (secondary N) is 1. The summed E-state index contributed by atoms with van der Waals surface area (Å²) in [6.07, 6.45) is 5.34. The topological polar surface area (TPSA) is 71.5 Å². The number of H-pyrrole nitrogens is 1. The van der Waals surface area contributed by atoms with Crippen molar-refractivity contribution in [2.75, 3.05) is 0 Å². The van der Waals surface area contributed by atoms with E-state index >= 15 is 0 Å². The molecule has 1 N–H and O–H groups in total. The molecule has 2 rings (SSSR count). The SMILES string of the molecule is O=Cc1nc(-c2cncnc2)c(Br)[nH]1. The van der Waals surface area contributed by atoms with Gasteiger partial charge < -0.3 is 4.98 Å². The predicted molar refractivity (Wildman–Crippen MR) is 52.7 cm³/mol. The Morgan fingerprint density at radius 3 is 2.64 bits per heavy atom. The van der Waals surface area contributed by atoms with Gasteiger partial charge in [0, 0.05) is 18.0 Å². The number of hydrogen-bond donors (Lipinski definition) is 1. The zero-order chi connectivity index (χ0) is 9.97. The van der Waals surface area contributed by atoms with Gasteiger partial charge in [0.15, 0.2) is 12.1 Å². The number of carbonyl (C=O) groups is 1. The minimum absolute atomic E-state index is 0.274. The van der Waals surface area contributed by atoms with Crippen molar-refractivity contribution in [3.8, 4) is 11.3 Å². The molecule has 0 aliphatic carbocycles. The van der Waals surface area contributed by atoms with Gasteiger partial charge in [0.1, 0.15) is 16.6 Å². The van der Waals surface area contributed by atoms with Crippen LogP contribution in [-0.2, 0) is 0 Å². The Bertz CT molecular complexity index is 454. The molecule has 0 aliphatic heterocycles. The monoisotopic (exact) mass is 252 g/mol. The van der Waals surface area contributed by atoms with Gasteiger partial charge in [-0.05, 0) is 15.9 Å². The molecule has 6 heteroatoms. The summed E-state index contributed by atoms with van der Waals surface area (Å²) < 4.78 is 0.648. The third-order valence-electron chi connectivity index (χ3n) is 1.62. The number of nitrogens with zero attached hydrogens (tertiary/aromatic N) is 3. The molecular weight excluding hydrogens is 248 g/mol. The van der Waals surface area contributed by atoms with Crippen molar-refractivity contribution in [2.24, 2.45) is 0 Å². The Morgan fingerprint density at radius 1 is 1.36 bits per heavy atom. The molecular formula is C8H5BrN4O. The van der Waals surface area contributed by atoms with Crippen LogP contribution in [0.2, 0.25) is 0 Å². The molecule has 2 heterocycles. The molecule has 2 aromatic heterocycles. The highest BCUT2D eigenvalue weighted by atomic mass is 79.9. The third-order valence-corrected chi connectivity index (χ3v) is 2.20. The summed E-state index contributed by atoms with van der Waals surface area (Å²) >= 11 is 3.26. The fourth-order valence-corrected chi connectivity index (χ4v) is 1.56. The highest BCUT2D eigenvalue weighted by Gasteiger charge is 2.09. The lowest BCUT2D eigenvalue weighted by atomic mass is 10.3. The highest BCUT2D eigenvalue weighted by molar-refractivity contribution is 9.10. The summed E-state index contributed by atoms with van der Waals surface area (Å²) in [6.45, 7) is 0. The van der Waals surface area contributed by atoms with Crippen LogP contribution in [-0.4, -0.2) is 26.2 Å². The van der Waals surface area contributed by atoms with Crippen molar-refractivity contribution in [1.29, 1.82) is 0 Å². The van der Waals surface area contributed by atoms with Crippen molar-refractivity contribution in [2.45, 2.75) is 0 Å². The molecule has 70 valence electrons. The molecule has 0 saturated heterocycles. The molecule has 5 nitrogen and oxygen atoms in total. The van der Waals surface area contributed by atoms with Gasteiger partial charge in [0.2, 0.25) is 0 Å². The molecule has 0 saturated carbocycles. The summed E-state index contributed by atoms with van der Waals surface area (Å²) in [6, 6.07) is 0. The lowest BCUT2D eigenvalue weighted by molar-refractivity contribution is 0.111. The second-order valence-electron chi connectivity index (χ2n) is 2.53. The van der Waals surface area contributed by atoms with Crippen molar-refractivity contribution in [3.05, 3.63) is 29.1 Å². The van der Waals surface area contributed by atoms with E-state index in [0.717, 1.165) is 5.56 Å². The van der Waals surface area contributed by atoms with Crippen molar-refractivity contribution >= 4 is 22.2 Å². The number of carbonyl (C=O) groups excluding carboxylic acids is 1. The standard InChI is InChI=1S/C8H5BrN4O/c9-8-7(12-6(3-14)13-8)5-1-10-4-11-2-5/h1-4H,(H,12,13). The first-order valence-electron chi connectivity index (χ1n) is 3.77. The van der Waals surface area contributed by atoms with E-state index in [1.54, 1.807) is 12.4 Å². The summed E-state index contributed by atoms with van der Waals surface area (Å²) in [5, 5.41) is 0. The van der Waals surface area contributed by atoms with Crippen molar-refractivity contribution in [1.82, 2.24) is 19.9 Å². The molecule has 0 radical (unpaired) electrons. The van der Waals surface area contributed by atoms with Crippen LogP contribution in [0.5, 0.6) is 0 Å². The van der Waals surface area contributed by atoms with E-state index in [1.165, 1.54) is 6.33 Å². The highest BCUT2D eigenvalue weighted by Crippen LogP contribution is 2.23. The first-order valence-corrected chi connectivity index (χ1v) is 4.56. The number of imidazole rings is 1. The number of hydrogen-bond acceptors (Lipinski definition) is 4. The zero-order valence-corrected chi connectivity index (χ0v) is 8.52. The lowest BCUT2D eigenvalue weighted by Crippen LogP contribution is -1.84. The lowest BCUT2D eigenvalue weighted by Gasteiger charge is -1.93. The van der Waals surface area contributed by atoms with Gasteiger partial charge in [-0.1, -0.05) is 0 Å². The Balaban J connectivity index is 2.51. The largest absolute Gasteiger partial charge is 0.330 e. The maximum Gasteiger partial charge on any atom is 0.185 e. The van der Waals surface area contributed by atoms with Crippen molar-refractivity contribution < 1.29 is 4.79 Å². The van der Waals surface area contributed by atoms with Crippen LogP contribution in [0.15, 0.2) is 23.3 Å². The summed E-state index contributed by atoms with van der Waals surface area (Å²) in [4.78, 5) is 25.0. The number of aromatic amines is 1. The Morgan fingerprint density at radius 2 is 2.07 bits per heavy atom. The molecule has 0 unspecified atom stereocenters. The molecule has 0 bridgehead atoms. The van der Waals surface area contributed by atoms with Crippen LogP contribution in [0.1, 0.15) is 10.6 Å². The van der Waals surface area contributed by atoms with E-state index in [9.17, 15) is 4.79 Å². The summed E-state index contributed by atoms with van der Waals surface area (Å²) in [7, 11) is 0. The fraction of sp³-hybridized carbons (Fsp3) is 0. The average Bonchev–Trinajstić information content (AvgIpc) is 2.61. The smallest absolute Gasteiger partial charge is 0.185 e. The van der Waals surface area contributed by atoms with E-state index in [4.69, 9.17) is 0 Å². The Labute approximate surface area is 87.8 Å². The van der Waals surface area contributed by atoms with Gasteiger partial charge in [-0.3, -0.25) is 4.79 Å². The van der Waals surface area contributed by atoms with Crippen LogP contribution in [0.4, 0.5) is 0 Å². The van der Waals surface area contributed by atoms with Crippen LogP contribution < -0.4 is 0 Å². The summed E-state index contributed by atoms with van der Waals surface area (Å²) in [5.41, 5.74) is 1.39. The van der Waals surface area contributed by atoms with E-state index in [-0.39, 0.29) is 5.82 Å². The van der Waals surface area contributed by atoms with Gasteiger partial charge in [-0.2, -0.15) is 0 Å². The molecule has 0 aliphatic rings. The Kier molecular flexibility index (Phi) is 2.36. The number of aromatic nitrogens is 4. The van der Waals surface area contributed by atoms with Crippen LogP contribution >= 0.6 is 15.9 Å². The van der Waals surface area contributed by atoms with E-state index in [1.807, 2.05) is 0 Å². The second kappa shape index (κ2) is 3.67. The Hall–Kier alpha value is -1.56. The van der Waals surface area contributed by atoms with Gasteiger partial charge in [-0.25, -0.2) is 15.0 Å². The van der Waals surface area contributed by atoms with Gasteiger partial charge >= 0.3 is 0 Å². The number of rotatable bonds is 2. The second-order valence-corrected chi connectivity index (χ2v) is 3.32. The van der Waals surface area contributed by atoms with E-state index in [2.05, 4.69) is 35.9 Å². The molecule has 0 spiro atoms. The molecule has 0 atom stereocenters. The number of halogens is 1. The van der Waals surface area contributed by atoms with Crippen LogP contribution in [0, 0.1) is 0 Å². The van der Waals surface area contributed by atoms with Crippen LogP contribution in [0.25, 0.3) is 11.3 Å². The van der Waals surface area contributed by atoms with Gasteiger partial charge in [0.05, 0.1) is 0 Å². The van der Waals surface area contributed by atoms with Crippen molar-refractivity contribution in [3.63, 3.8) is 0 Å². The maximum atomic E-state index is 10.5. The van der Waals surface area contributed by atoms with Gasteiger partial charge in [0.25, 0.3) is 0 Å². The van der Waals surface area contributed by atoms with E-state index < -0.39 is 0 Å². The fourth-order valence-electron chi connectivity index (χ4n) is 1.04. The first kappa shape index (κ1) is 9.01. The average molecular weight is 253 g/mol. The quantitative estimate of drug-likeness (QED) is 0.822. The van der Waals surface area contributed by atoms with Crippen LogP contribution in [0.3, 0.4) is 0 Å². The molecule has 0 amide bonds. The van der Waals surface area contributed by atoms with Gasteiger partial charge in [-0.15, -0.1) is 0 Å². The molecule has 2 aromatic rings. The minimum atomic E-state index is 0.274. The first-order chi connectivity index (χ1) is 6.81. The molecule has 0 aromatic carbocycles. The maximum absolute atomic E-state index is 10.5. The minimum Gasteiger partial charge on any atom is -0.330 e. The predicted octanol–water partition coefficient (Wildman–Crippen LogP) is 1.44. The normalized spacial score (nSPS) is 10.1. The van der Waals surface area contributed by atoms with E-state index in [0.29, 0.717) is 16.6 Å². The zero-order valence-electron chi connectivity index (χ0n) is 6.94. The molecule has 0 fully saturated rings. The molecule has 14 heavy (non-hydrogen) atoms. The third kappa shape index (κ3) is 1.56. The summed E-state index contributed by atoms with van der Waals surface area (Å²) in [5.74, 6) is 0.274.